The van der Waals surface area contributed by atoms with E-state index >= 15 is 0 Å². The molecule has 0 aromatic rings. The largest absolute Gasteiger partial charge is 0.388 e. The smallest absolute Gasteiger partial charge is 0.0849 e. The summed E-state index contributed by atoms with van der Waals surface area (Å²) in [6, 6.07) is 0.194. The summed E-state index contributed by atoms with van der Waals surface area (Å²) in [4.78, 5) is 0. The highest BCUT2D eigenvalue weighted by Crippen LogP contribution is 2.30. The lowest BCUT2D eigenvalue weighted by Crippen LogP contribution is -2.60. The Morgan fingerprint density at radius 2 is 2.29 bits per heavy atom. The minimum Gasteiger partial charge on any atom is -0.388 e. The molecule has 3 heteroatoms. The second-order valence-corrected chi connectivity index (χ2v) is 4.33. The number of nitrogens with one attached hydrogen (secondary N) is 2. The van der Waals surface area contributed by atoms with E-state index in [0.717, 1.165) is 32.5 Å². The van der Waals surface area contributed by atoms with Gasteiger partial charge in [0, 0.05) is 18.5 Å². The van der Waals surface area contributed by atoms with Gasteiger partial charge in [-0.2, -0.15) is 0 Å². The van der Waals surface area contributed by atoms with Crippen LogP contribution in [-0.4, -0.2) is 36.4 Å². The van der Waals surface area contributed by atoms with Crippen LogP contribution < -0.4 is 10.6 Å². The molecule has 3 atom stereocenters. The first kappa shape index (κ1) is 12.0. The predicted molar refractivity (Wildman–Crippen MR) is 59.4 cm³/mol. The van der Waals surface area contributed by atoms with Gasteiger partial charge in [-0.05, 0) is 32.9 Å². The average molecular weight is 200 g/mol. The zero-order valence-electron chi connectivity index (χ0n) is 9.64. The normalized spacial score (nSPS) is 35.6. The minimum atomic E-state index is -0.518. The first-order valence-corrected chi connectivity index (χ1v) is 5.81. The van der Waals surface area contributed by atoms with E-state index in [1.54, 1.807) is 0 Å². The first-order valence-electron chi connectivity index (χ1n) is 5.81. The molecule has 0 amide bonds. The van der Waals surface area contributed by atoms with Gasteiger partial charge in [-0.25, -0.2) is 0 Å². The van der Waals surface area contributed by atoms with Gasteiger partial charge in [0.05, 0.1) is 5.60 Å². The molecule has 3 nitrogen and oxygen atoms in total. The average Bonchev–Trinajstić information content (AvgIpc) is 2.19. The molecule has 1 aliphatic rings. The molecule has 0 saturated carbocycles. The van der Waals surface area contributed by atoms with E-state index in [1.807, 2.05) is 0 Å². The Morgan fingerprint density at radius 3 is 2.86 bits per heavy atom. The number of likely N-dealkylation sites (N-methyl/N-ethyl adjacent to an activating group) is 1. The highest BCUT2D eigenvalue weighted by Gasteiger charge is 2.41. The zero-order valence-corrected chi connectivity index (χ0v) is 9.64. The van der Waals surface area contributed by atoms with E-state index in [2.05, 4.69) is 31.4 Å². The molecule has 1 aliphatic heterocycles. The minimum absolute atomic E-state index is 0.194. The maximum atomic E-state index is 10.6. The lowest BCUT2D eigenvalue weighted by molar-refractivity contribution is -0.0668. The van der Waals surface area contributed by atoms with Crippen molar-refractivity contribution < 1.29 is 5.11 Å². The fourth-order valence-corrected chi connectivity index (χ4v) is 2.50. The number of rotatable bonds is 4. The van der Waals surface area contributed by atoms with E-state index in [-0.39, 0.29) is 6.04 Å². The molecule has 0 aliphatic carbocycles. The molecule has 1 rings (SSSR count). The summed E-state index contributed by atoms with van der Waals surface area (Å²) in [5.41, 5.74) is -0.518. The summed E-state index contributed by atoms with van der Waals surface area (Å²) < 4.78 is 0. The van der Waals surface area contributed by atoms with Crippen LogP contribution in [0.25, 0.3) is 0 Å². The number of aliphatic hydroxyl groups is 1. The van der Waals surface area contributed by atoms with Crippen LogP contribution in [0, 0.1) is 5.92 Å². The molecule has 14 heavy (non-hydrogen) atoms. The van der Waals surface area contributed by atoms with E-state index in [0.29, 0.717) is 5.92 Å². The van der Waals surface area contributed by atoms with Gasteiger partial charge >= 0.3 is 0 Å². The van der Waals surface area contributed by atoms with Crippen LogP contribution in [0.1, 0.15) is 33.6 Å². The van der Waals surface area contributed by atoms with Gasteiger partial charge in [0.2, 0.25) is 0 Å². The second-order valence-electron chi connectivity index (χ2n) is 4.33. The van der Waals surface area contributed by atoms with Crippen molar-refractivity contribution in [1.82, 2.24) is 10.6 Å². The number of piperidine rings is 1. The van der Waals surface area contributed by atoms with Crippen LogP contribution in [0.2, 0.25) is 0 Å². The van der Waals surface area contributed by atoms with Crippen LogP contribution in [0.5, 0.6) is 0 Å². The van der Waals surface area contributed by atoms with E-state index < -0.39 is 5.60 Å². The Morgan fingerprint density at radius 1 is 1.57 bits per heavy atom. The third kappa shape index (κ3) is 2.27. The Bertz CT molecular complexity index is 175. The molecule has 0 spiro atoms. The molecular formula is C11H24N2O. The molecule has 1 heterocycles. The number of hydrogen-bond acceptors (Lipinski definition) is 3. The van der Waals surface area contributed by atoms with E-state index in [4.69, 9.17) is 0 Å². The summed E-state index contributed by atoms with van der Waals surface area (Å²) >= 11 is 0. The lowest BCUT2D eigenvalue weighted by atomic mass is 9.75. The molecule has 1 saturated heterocycles. The van der Waals surface area contributed by atoms with E-state index in [1.165, 1.54) is 0 Å². The Balaban J connectivity index is 2.66. The SMILES string of the molecule is CCNC(C)C1(O)CCNCC1CC. The number of hydrogen-bond donors (Lipinski definition) is 3. The van der Waals surface area contributed by atoms with Crippen molar-refractivity contribution in [2.75, 3.05) is 19.6 Å². The topological polar surface area (TPSA) is 44.3 Å². The van der Waals surface area contributed by atoms with Crippen LogP contribution in [-0.2, 0) is 0 Å². The van der Waals surface area contributed by atoms with Crippen molar-refractivity contribution in [2.45, 2.75) is 45.3 Å². The predicted octanol–water partition coefficient (Wildman–Crippen LogP) is 0.735. The van der Waals surface area contributed by atoms with Crippen LogP contribution >= 0.6 is 0 Å². The first-order chi connectivity index (χ1) is 6.65. The molecule has 0 aromatic heterocycles. The Kier molecular flexibility index (Phi) is 4.35. The molecule has 0 radical (unpaired) electrons. The van der Waals surface area contributed by atoms with Crippen molar-refractivity contribution in [1.29, 1.82) is 0 Å². The molecular weight excluding hydrogens is 176 g/mol. The molecule has 0 aromatic carbocycles. The molecule has 3 N–H and O–H groups in total. The quantitative estimate of drug-likeness (QED) is 0.627. The van der Waals surface area contributed by atoms with Gasteiger partial charge in [0.15, 0.2) is 0 Å². The lowest BCUT2D eigenvalue weighted by Gasteiger charge is -2.44. The highest BCUT2D eigenvalue weighted by molar-refractivity contribution is 4.98. The summed E-state index contributed by atoms with van der Waals surface area (Å²) in [7, 11) is 0. The second kappa shape index (κ2) is 5.10. The molecule has 3 unspecified atom stereocenters. The van der Waals surface area contributed by atoms with Gasteiger partial charge in [-0.3, -0.25) is 0 Å². The van der Waals surface area contributed by atoms with Crippen LogP contribution in [0.4, 0.5) is 0 Å². The van der Waals surface area contributed by atoms with Crippen molar-refractivity contribution in [3.05, 3.63) is 0 Å². The maximum absolute atomic E-state index is 10.6. The Labute approximate surface area is 87.3 Å². The molecule has 84 valence electrons. The fourth-order valence-electron chi connectivity index (χ4n) is 2.50. The highest BCUT2D eigenvalue weighted by atomic mass is 16.3. The van der Waals surface area contributed by atoms with Crippen LogP contribution in [0.3, 0.4) is 0 Å². The summed E-state index contributed by atoms with van der Waals surface area (Å²) in [5, 5.41) is 17.3. The fraction of sp³-hybridized carbons (Fsp3) is 1.00. The Hall–Kier alpha value is -0.120. The third-order valence-electron chi connectivity index (χ3n) is 3.55. The van der Waals surface area contributed by atoms with Gasteiger partial charge in [0.1, 0.15) is 0 Å². The summed E-state index contributed by atoms with van der Waals surface area (Å²) in [5.74, 6) is 0.380. The van der Waals surface area contributed by atoms with E-state index in [9.17, 15) is 5.11 Å². The van der Waals surface area contributed by atoms with Crippen molar-refractivity contribution >= 4 is 0 Å². The molecule has 1 fully saturated rings. The zero-order chi connectivity index (χ0) is 10.6. The maximum Gasteiger partial charge on any atom is 0.0849 e. The van der Waals surface area contributed by atoms with Crippen molar-refractivity contribution in [3.8, 4) is 0 Å². The third-order valence-corrected chi connectivity index (χ3v) is 3.55. The van der Waals surface area contributed by atoms with Gasteiger partial charge < -0.3 is 15.7 Å². The monoisotopic (exact) mass is 200 g/mol. The standard InChI is InChI=1S/C11H24N2O/c1-4-10-8-12-7-6-11(10,14)9(3)13-5-2/h9-10,12-14H,4-8H2,1-3H3. The van der Waals surface area contributed by atoms with Gasteiger partial charge in [-0.1, -0.05) is 13.8 Å². The van der Waals surface area contributed by atoms with Gasteiger partial charge in [-0.15, -0.1) is 0 Å². The summed E-state index contributed by atoms with van der Waals surface area (Å²) in [6.07, 6.45) is 1.90. The van der Waals surface area contributed by atoms with Crippen molar-refractivity contribution in [2.24, 2.45) is 5.92 Å². The summed E-state index contributed by atoms with van der Waals surface area (Å²) in [6.45, 7) is 9.14. The van der Waals surface area contributed by atoms with Crippen molar-refractivity contribution in [3.63, 3.8) is 0 Å². The molecule has 0 bridgehead atoms. The van der Waals surface area contributed by atoms with Gasteiger partial charge in [0.25, 0.3) is 0 Å². The van der Waals surface area contributed by atoms with Crippen LogP contribution in [0.15, 0.2) is 0 Å².